The summed E-state index contributed by atoms with van der Waals surface area (Å²) in [6, 6.07) is 7.05. The van der Waals surface area contributed by atoms with Gasteiger partial charge in [0.05, 0.1) is 5.39 Å². The molecule has 2 aromatic rings. The van der Waals surface area contributed by atoms with E-state index < -0.39 is 0 Å². The van der Waals surface area contributed by atoms with Crippen molar-refractivity contribution in [3.05, 3.63) is 39.5 Å². The predicted octanol–water partition coefficient (Wildman–Crippen LogP) is 1.86. The van der Waals surface area contributed by atoms with Gasteiger partial charge in [-0.2, -0.15) is 0 Å². The van der Waals surface area contributed by atoms with Crippen LogP contribution in [0.25, 0.3) is 11.0 Å². The van der Waals surface area contributed by atoms with Crippen LogP contribution in [0.2, 0.25) is 0 Å². The van der Waals surface area contributed by atoms with Crippen LogP contribution in [0.15, 0.2) is 33.5 Å². The largest absolute Gasteiger partial charge is 0.431 e. The highest BCUT2D eigenvalue weighted by atomic mass is 32.1. The van der Waals surface area contributed by atoms with Crippen molar-refractivity contribution in [2.24, 2.45) is 7.05 Å². The maximum atomic E-state index is 11.6. The lowest BCUT2D eigenvalue weighted by Crippen LogP contribution is -2.16. The molecular weight excluding hydrogens is 186 g/mol. The van der Waals surface area contributed by atoms with E-state index in [4.69, 9.17) is 16.6 Å². The molecule has 66 valence electrons. The lowest BCUT2D eigenvalue weighted by Gasteiger charge is -1.99. The summed E-state index contributed by atoms with van der Waals surface area (Å²) in [6.07, 6.45) is 0. The summed E-state index contributed by atoms with van der Waals surface area (Å²) in [5.41, 5.74) is 0.419. The molecule has 4 heteroatoms. The molecular formula is C9H7NO2S. The second kappa shape index (κ2) is 2.81. The molecule has 0 unspecified atom stereocenters. The Bertz CT molecular complexity index is 568. The zero-order valence-corrected chi connectivity index (χ0v) is 7.80. The van der Waals surface area contributed by atoms with E-state index in [0.29, 0.717) is 11.0 Å². The third kappa shape index (κ3) is 1.19. The van der Waals surface area contributed by atoms with E-state index in [1.165, 1.54) is 4.57 Å². The van der Waals surface area contributed by atoms with E-state index in [-0.39, 0.29) is 10.4 Å². The second-order valence-electron chi connectivity index (χ2n) is 2.73. The van der Waals surface area contributed by atoms with Crippen LogP contribution in [0.1, 0.15) is 0 Å². The molecule has 0 saturated heterocycles. The summed E-state index contributed by atoms with van der Waals surface area (Å²) >= 11 is 4.86. The minimum absolute atomic E-state index is 0.119. The molecule has 0 aliphatic rings. The third-order valence-electron chi connectivity index (χ3n) is 1.89. The monoisotopic (exact) mass is 193 g/mol. The molecule has 1 aromatic carbocycles. The predicted molar refractivity (Wildman–Crippen MR) is 52.3 cm³/mol. The molecule has 1 aromatic heterocycles. The molecule has 0 bridgehead atoms. The van der Waals surface area contributed by atoms with Crippen LogP contribution < -0.4 is 5.56 Å². The first-order valence-electron chi connectivity index (χ1n) is 3.79. The Morgan fingerprint density at radius 1 is 1.38 bits per heavy atom. The molecule has 3 nitrogen and oxygen atoms in total. The highest BCUT2D eigenvalue weighted by molar-refractivity contribution is 7.71. The number of fused-ring (bicyclic) bond motifs is 1. The number of para-hydroxylation sites is 1. The summed E-state index contributed by atoms with van der Waals surface area (Å²) in [5.74, 6) is 0. The zero-order chi connectivity index (χ0) is 9.42. The first-order chi connectivity index (χ1) is 6.20. The van der Waals surface area contributed by atoms with Gasteiger partial charge in [0, 0.05) is 7.05 Å². The highest BCUT2D eigenvalue weighted by Crippen LogP contribution is 2.08. The Kier molecular flexibility index (Phi) is 1.77. The average molecular weight is 193 g/mol. The van der Waals surface area contributed by atoms with Crippen LogP contribution in [0, 0.1) is 4.84 Å². The fourth-order valence-corrected chi connectivity index (χ4v) is 1.33. The lowest BCUT2D eigenvalue weighted by molar-refractivity contribution is 0.515. The molecule has 0 atom stereocenters. The van der Waals surface area contributed by atoms with Crippen molar-refractivity contribution in [1.82, 2.24) is 4.57 Å². The summed E-state index contributed by atoms with van der Waals surface area (Å²) in [7, 11) is 1.60. The van der Waals surface area contributed by atoms with Gasteiger partial charge in [0.2, 0.25) is 0 Å². The van der Waals surface area contributed by atoms with Crippen LogP contribution in [-0.2, 0) is 7.05 Å². The van der Waals surface area contributed by atoms with Crippen molar-refractivity contribution < 1.29 is 4.42 Å². The van der Waals surface area contributed by atoms with E-state index in [9.17, 15) is 4.79 Å². The fourth-order valence-electron chi connectivity index (χ4n) is 1.16. The minimum Gasteiger partial charge on any atom is -0.431 e. The van der Waals surface area contributed by atoms with Gasteiger partial charge in [-0.1, -0.05) is 12.1 Å². The summed E-state index contributed by atoms with van der Waals surface area (Å²) < 4.78 is 6.57. The van der Waals surface area contributed by atoms with Crippen LogP contribution >= 0.6 is 12.2 Å². The quantitative estimate of drug-likeness (QED) is 0.599. The molecule has 0 fully saturated rings. The molecule has 0 saturated carbocycles. The Morgan fingerprint density at radius 2 is 2.08 bits per heavy atom. The van der Waals surface area contributed by atoms with Crippen molar-refractivity contribution in [3.8, 4) is 0 Å². The van der Waals surface area contributed by atoms with Gasteiger partial charge in [0.15, 0.2) is 0 Å². The van der Waals surface area contributed by atoms with Crippen molar-refractivity contribution in [2.45, 2.75) is 0 Å². The van der Waals surface area contributed by atoms with Crippen LogP contribution in [0.5, 0.6) is 0 Å². The van der Waals surface area contributed by atoms with Gasteiger partial charge < -0.3 is 4.42 Å². The van der Waals surface area contributed by atoms with Gasteiger partial charge in [0.25, 0.3) is 10.4 Å². The molecule has 0 aliphatic carbocycles. The van der Waals surface area contributed by atoms with E-state index in [2.05, 4.69) is 0 Å². The van der Waals surface area contributed by atoms with Crippen molar-refractivity contribution in [3.63, 3.8) is 0 Å². The number of nitrogens with zero attached hydrogens (tertiary/aromatic N) is 1. The molecule has 2 rings (SSSR count). The first kappa shape index (κ1) is 8.19. The smallest absolute Gasteiger partial charge is 0.271 e. The highest BCUT2D eigenvalue weighted by Gasteiger charge is 2.02. The minimum atomic E-state index is -0.119. The van der Waals surface area contributed by atoms with E-state index >= 15 is 0 Å². The second-order valence-corrected chi connectivity index (χ2v) is 3.08. The van der Waals surface area contributed by atoms with Gasteiger partial charge >= 0.3 is 0 Å². The Labute approximate surface area is 79.2 Å². The van der Waals surface area contributed by atoms with Crippen molar-refractivity contribution >= 4 is 23.2 Å². The molecule has 0 amide bonds. The Morgan fingerprint density at radius 3 is 2.85 bits per heavy atom. The lowest BCUT2D eigenvalue weighted by atomic mass is 10.2. The third-order valence-corrected chi connectivity index (χ3v) is 2.25. The Hall–Kier alpha value is -1.42. The van der Waals surface area contributed by atoms with Crippen LogP contribution in [0.3, 0.4) is 0 Å². The van der Waals surface area contributed by atoms with Gasteiger partial charge in [-0.15, -0.1) is 0 Å². The maximum Gasteiger partial charge on any atom is 0.271 e. The zero-order valence-electron chi connectivity index (χ0n) is 6.98. The van der Waals surface area contributed by atoms with E-state index in [1.54, 1.807) is 31.3 Å². The van der Waals surface area contributed by atoms with Gasteiger partial charge in [-0.05, 0) is 24.4 Å². The number of rotatable bonds is 0. The van der Waals surface area contributed by atoms with Crippen LogP contribution in [-0.4, -0.2) is 4.57 Å². The fraction of sp³-hybridized carbons (Fsp3) is 0.111. The van der Waals surface area contributed by atoms with Crippen LogP contribution in [0.4, 0.5) is 0 Å². The summed E-state index contributed by atoms with van der Waals surface area (Å²) in [6.45, 7) is 0. The Balaban J connectivity index is 3.12. The van der Waals surface area contributed by atoms with Gasteiger partial charge in [-0.25, -0.2) is 0 Å². The van der Waals surface area contributed by atoms with Gasteiger partial charge in [0.1, 0.15) is 5.58 Å². The SMILES string of the molecule is Cn1c(=S)oc2ccccc2c1=O. The number of aromatic nitrogens is 1. The summed E-state index contributed by atoms with van der Waals surface area (Å²) in [4.78, 5) is 11.8. The molecule has 0 spiro atoms. The maximum absolute atomic E-state index is 11.6. The first-order valence-corrected chi connectivity index (χ1v) is 4.20. The molecule has 0 N–H and O–H groups in total. The average Bonchev–Trinajstić information content (AvgIpc) is 2.15. The molecule has 0 radical (unpaired) electrons. The normalized spacial score (nSPS) is 10.5. The van der Waals surface area contributed by atoms with E-state index in [0.717, 1.165) is 0 Å². The standard InChI is InChI=1S/C9H7NO2S/c1-10-8(11)6-4-2-3-5-7(6)12-9(10)13/h2-5H,1H3. The van der Waals surface area contributed by atoms with Crippen molar-refractivity contribution in [2.75, 3.05) is 0 Å². The van der Waals surface area contributed by atoms with Crippen molar-refractivity contribution in [1.29, 1.82) is 0 Å². The number of hydrogen-bond acceptors (Lipinski definition) is 3. The van der Waals surface area contributed by atoms with E-state index in [1.807, 2.05) is 0 Å². The number of hydrogen-bond donors (Lipinski definition) is 0. The summed E-state index contributed by atoms with van der Waals surface area (Å²) in [5, 5.41) is 0.554. The molecule has 13 heavy (non-hydrogen) atoms. The molecule has 0 aliphatic heterocycles. The molecule has 1 heterocycles. The van der Waals surface area contributed by atoms with Gasteiger partial charge in [-0.3, -0.25) is 9.36 Å². The topological polar surface area (TPSA) is 35.1 Å². The number of benzene rings is 1.